The van der Waals surface area contributed by atoms with Crippen molar-refractivity contribution >= 4 is 22.5 Å². The molecule has 0 bridgehead atoms. The van der Waals surface area contributed by atoms with E-state index in [0.717, 1.165) is 16.6 Å². The molecule has 0 aliphatic carbocycles. The molecule has 1 heterocycles. The van der Waals surface area contributed by atoms with E-state index < -0.39 is 41.4 Å². The summed E-state index contributed by atoms with van der Waals surface area (Å²) >= 11 is 0. The van der Waals surface area contributed by atoms with Crippen molar-refractivity contribution in [2.24, 2.45) is 0 Å². The van der Waals surface area contributed by atoms with Crippen molar-refractivity contribution in [2.45, 2.75) is 25.7 Å². The molecule has 0 spiro atoms. The van der Waals surface area contributed by atoms with Crippen molar-refractivity contribution in [3.8, 4) is 11.1 Å². The highest BCUT2D eigenvalue weighted by atomic mass is 19.4. The van der Waals surface area contributed by atoms with Gasteiger partial charge in [-0.3, -0.25) is 9.78 Å². The number of nitrogens with one attached hydrogen (secondary N) is 1. The summed E-state index contributed by atoms with van der Waals surface area (Å²) < 4.78 is 79.0. The molecule has 1 amide bonds. The van der Waals surface area contributed by atoms with Crippen LogP contribution in [0.5, 0.6) is 0 Å². The van der Waals surface area contributed by atoms with Crippen LogP contribution in [0.1, 0.15) is 22.4 Å². The molecule has 0 radical (unpaired) electrons. The first kappa shape index (κ1) is 24.3. The van der Waals surface area contributed by atoms with E-state index >= 15 is 0 Å². The number of nitrogens with zero attached hydrogens (tertiary/aromatic N) is 1. The number of carbonyl (C=O) groups excluding carboxylic acids is 1. The predicted octanol–water partition coefficient (Wildman–Crippen LogP) is 7.43. The lowest BCUT2D eigenvalue weighted by atomic mass is 9.97. The molecule has 0 unspecified atom stereocenters. The number of benzene rings is 3. The van der Waals surface area contributed by atoms with Gasteiger partial charge in [-0.05, 0) is 54.4 Å². The van der Waals surface area contributed by atoms with E-state index in [0.29, 0.717) is 28.9 Å². The molecule has 0 saturated carbocycles. The first-order valence-corrected chi connectivity index (χ1v) is 10.5. The van der Waals surface area contributed by atoms with Crippen LogP contribution in [0.15, 0.2) is 72.8 Å². The highest BCUT2D eigenvalue weighted by Gasteiger charge is 2.37. The second-order valence-electron chi connectivity index (χ2n) is 8.01. The van der Waals surface area contributed by atoms with Crippen molar-refractivity contribution in [2.75, 3.05) is 5.32 Å². The molecule has 3 nitrogen and oxygen atoms in total. The molecule has 0 aliphatic heterocycles. The Morgan fingerprint density at radius 2 is 1.46 bits per heavy atom. The first-order valence-electron chi connectivity index (χ1n) is 10.5. The zero-order valence-electron chi connectivity index (χ0n) is 18.3. The molecule has 0 fully saturated rings. The molecular weight excluding hydrogens is 470 g/mol. The highest BCUT2D eigenvalue weighted by molar-refractivity contribution is 6.06. The third-order valence-electron chi connectivity index (χ3n) is 5.36. The maximum atomic E-state index is 13.2. The van der Waals surface area contributed by atoms with Crippen molar-refractivity contribution in [3.63, 3.8) is 0 Å². The van der Waals surface area contributed by atoms with Crippen LogP contribution in [0, 0.1) is 6.92 Å². The lowest BCUT2D eigenvalue weighted by molar-refractivity contribution is -0.143. The van der Waals surface area contributed by atoms with E-state index in [1.165, 1.54) is 0 Å². The predicted molar refractivity (Wildman–Crippen MR) is 121 cm³/mol. The Balaban J connectivity index is 1.72. The molecule has 9 heteroatoms. The maximum absolute atomic E-state index is 13.2. The number of hydrogen-bond acceptors (Lipinski definition) is 2. The number of alkyl halides is 6. The van der Waals surface area contributed by atoms with Crippen LogP contribution in [0.2, 0.25) is 0 Å². The number of hydrogen-bond donors (Lipinski definition) is 1. The number of aromatic nitrogens is 1. The van der Waals surface area contributed by atoms with Gasteiger partial charge in [0.05, 0.1) is 23.1 Å². The minimum atomic E-state index is -4.99. The zero-order chi connectivity index (χ0) is 25.4. The van der Waals surface area contributed by atoms with Gasteiger partial charge >= 0.3 is 12.4 Å². The number of rotatable bonds is 4. The van der Waals surface area contributed by atoms with Crippen LogP contribution in [0.4, 0.5) is 32.0 Å². The minimum absolute atomic E-state index is 0.0350. The van der Waals surface area contributed by atoms with Crippen molar-refractivity contribution in [3.05, 3.63) is 95.2 Å². The molecule has 35 heavy (non-hydrogen) atoms. The number of anilines is 1. The Bertz CT molecular complexity index is 1360. The molecule has 4 rings (SSSR count). The fourth-order valence-electron chi connectivity index (χ4n) is 3.83. The molecule has 0 saturated heterocycles. The summed E-state index contributed by atoms with van der Waals surface area (Å²) in [6.45, 7) is 1.83. The largest absolute Gasteiger partial charge is 0.416 e. The number of pyridine rings is 1. The number of amides is 1. The fourth-order valence-corrected chi connectivity index (χ4v) is 3.83. The van der Waals surface area contributed by atoms with Gasteiger partial charge in [0.15, 0.2) is 0 Å². The quantitative estimate of drug-likeness (QED) is 0.304. The molecule has 0 atom stereocenters. The van der Waals surface area contributed by atoms with E-state index in [1.807, 2.05) is 49.4 Å². The third-order valence-corrected chi connectivity index (χ3v) is 5.36. The van der Waals surface area contributed by atoms with Crippen molar-refractivity contribution in [1.29, 1.82) is 0 Å². The monoisotopic (exact) mass is 488 g/mol. The lowest BCUT2D eigenvalue weighted by Crippen LogP contribution is -2.17. The number of carbonyl (C=O) groups is 1. The second kappa shape index (κ2) is 9.05. The van der Waals surface area contributed by atoms with Crippen LogP contribution < -0.4 is 5.32 Å². The molecule has 4 aromatic rings. The smallest absolute Gasteiger partial charge is 0.325 e. The van der Waals surface area contributed by atoms with Crippen LogP contribution in [0.25, 0.3) is 22.0 Å². The summed E-state index contributed by atoms with van der Waals surface area (Å²) in [6, 6.07) is 17.2. The van der Waals surface area contributed by atoms with Crippen LogP contribution >= 0.6 is 0 Å². The third kappa shape index (κ3) is 5.45. The van der Waals surface area contributed by atoms with Crippen LogP contribution in [-0.2, 0) is 23.6 Å². The summed E-state index contributed by atoms with van der Waals surface area (Å²) in [5.41, 5.74) is -0.0971. The van der Waals surface area contributed by atoms with Gasteiger partial charge < -0.3 is 5.32 Å². The zero-order valence-corrected chi connectivity index (χ0v) is 18.3. The Morgan fingerprint density at radius 1 is 0.829 bits per heavy atom. The molecule has 0 aliphatic rings. The van der Waals surface area contributed by atoms with Crippen molar-refractivity contribution in [1.82, 2.24) is 4.98 Å². The number of fused-ring (bicyclic) bond motifs is 1. The summed E-state index contributed by atoms with van der Waals surface area (Å²) in [4.78, 5) is 17.3. The summed E-state index contributed by atoms with van der Waals surface area (Å²) in [6.07, 6.45) is -10.7. The molecular formula is C26H18F6N2O. The number of halogens is 6. The Labute approximate surface area is 196 Å². The van der Waals surface area contributed by atoms with Gasteiger partial charge in [-0.15, -0.1) is 0 Å². The molecule has 1 N–H and O–H groups in total. The SMILES string of the molecule is Cc1ccc2c(-c3ccccc3)c(NC(=O)Cc3cc(C(F)(F)F)cc(C(F)(F)F)c3)ccc2n1. The normalized spacial score (nSPS) is 12.1. The van der Waals surface area contributed by atoms with Gasteiger partial charge in [0.2, 0.25) is 5.91 Å². The van der Waals surface area contributed by atoms with Gasteiger partial charge in [-0.25, -0.2) is 0 Å². The average Bonchev–Trinajstić information content (AvgIpc) is 2.78. The topological polar surface area (TPSA) is 42.0 Å². The van der Waals surface area contributed by atoms with Gasteiger partial charge in [-0.2, -0.15) is 26.3 Å². The van der Waals surface area contributed by atoms with Gasteiger partial charge in [-0.1, -0.05) is 36.4 Å². The van der Waals surface area contributed by atoms with Crippen molar-refractivity contribution < 1.29 is 31.1 Å². The Kier molecular flexibility index (Phi) is 6.27. The number of aryl methyl sites for hydroxylation is 1. The van der Waals surface area contributed by atoms with Gasteiger partial charge in [0, 0.05) is 22.3 Å². The maximum Gasteiger partial charge on any atom is 0.416 e. The van der Waals surface area contributed by atoms with E-state index in [-0.39, 0.29) is 6.07 Å². The minimum Gasteiger partial charge on any atom is -0.325 e. The van der Waals surface area contributed by atoms with E-state index in [9.17, 15) is 31.1 Å². The highest BCUT2D eigenvalue weighted by Crippen LogP contribution is 2.37. The Hall–Kier alpha value is -3.88. The first-order chi connectivity index (χ1) is 16.4. The van der Waals surface area contributed by atoms with E-state index in [2.05, 4.69) is 10.3 Å². The molecule has 180 valence electrons. The van der Waals surface area contributed by atoms with E-state index in [1.54, 1.807) is 12.1 Å². The standard InChI is InChI=1S/C26H18F6N2O/c1-15-7-8-20-21(33-15)9-10-22(24(20)17-5-3-2-4-6-17)34-23(35)13-16-11-18(25(27,28)29)14-19(12-16)26(30,31)32/h2-12,14H,13H2,1H3,(H,34,35). The van der Waals surface area contributed by atoms with Crippen LogP contribution in [0.3, 0.4) is 0 Å². The summed E-state index contributed by atoms with van der Waals surface area (Å²) in [5.74, 6) is -0.756. The average molecular weight is 488 g/mol. The summed E-state index contributed by atoms with van der Waals surface area (Å²) in [5, 5.41) is 3.39. The van der Waals surface area contributed by atoms with Crippen LogP contribution in [-0.4, -0.2) is 10.9 Å². The van der Waals surface area contributed by atoms with E-state index in [4.69, 9.17) is 0 Å². The van der Waals surface area contributed by atoms with Gasteiger partial charge in [0.25, 0.3) is 0 Å². The summed E-state index contributed by atoms with van der Waals surface area (Å²) in [7, 11) is 0. The lowest BCUT2D eigenvalue weighted by Gasteiger charge is -2.16. The Morgan fingerprint density at radius 3 is 2.06 bits per heavy atom. The van der Waals surface area contributed by atoms with Gasteiger partial charge in [0.1, 0.15) is 0 Å². The fraction of sp³-hybridized carbons (Fsp3) is 0.154. The molecule has 1 aromatic heterocycles. The second-order valence-corrected chi connectivity index (χ2v) is 8.01. The molecule has 3 aromatic carbocycles.